The number of nitrogens with zero attached hydrogens (tertiary/aromatic N) is 6. The lowest BCUT2D eigenvalue weighted by Crippen LogP contribution is -2.28. The van der Waals surface area contributed by atoms with Gasteiger partial charge in [0.1, 0.15) is 11.3 Å². The molecule has 2 saturated carbocycles. The highest BCUT2D eigenvalue weighted by Gasteiger charge is 2.42. The first kappa shape index (κ1) is 23.1. The SMILES string of the molecule is Cc1nc2cnc([C@@H]3CCO[C@H](c4cnn(C5CC5)c4)C3)nc2nc1C.FC(F)(F)C1CCC1. The van der Waals surface area contributed by atoms with Gasteiger partial charge in [0.2, 0.25) is 0 Å². The van der Waals surface area contributed by atoms with Gasteiger partial charge in [-0.15, -0.1) is 0 Å². The van der Waals surface area contributed by atoms with Crippen LogP contribution in [0.25, 0.3) is 11.2 Å². The molecule has 0 N–H and O–H groups in total. The van der Waals surface area contributed by atoms with Gasteiger partial charge in [-0.1, -0.05) is 6.42 Å². The summed E-state index contributed by atoms with van der Waals surface area (Å²) in [6, 6.07) is 0.595. The van der Waals surface area contributed by atoms with E-state index in [1.165, 1.54) is 12.8 Å². The lowest BCUT2D eigenvalue weighted by molar-refractivity contribution is -0.193. The van der Waals surface area contributed by atoms with Crippen molar-refractivity contribution in [2.75, 3.05) is 6.61 Å². The first-order valence-corrected chi connectivity index (χ1v) is 12.0. The Hall–Kier alpha value is -2.62. The molecule has 3 aliphatic rings. The zero-order valence-corrected chi connectivity index (χ0v) is 19.4. The van der Waals surface area contributed by atoms with E-state index in [9.17, 15) is 13.2 Å². The van der Waals surface area contributed by atoms with Gasteiger partial charge in [0.25, 0.3) is 0 Å². The van der Waals surface area contributed by atoms with E-state index < -0.39 is 12.1 Å². The molecule has 0 spiro atoms. The lowest BCUT2D eigenvalue weighted by Gasteiger charge is -2.28. The van der Waals surface area contributed by atoms with Gasteiger partial charge in [-0.2, -0.15) is 18.3 Å². The molecule has 3 aromatic rings. The molecule has 0 amide bonds. The van der Waals surface area contributed by atoms with Crippen molar-refractivity contribution in [1.29, 1.82) is 0 Å². The van der Waals surface area contributed by atoms with Crippen molar-refractivity contribution >= 4 is 11.2 Å². The maximum Gasteiger partial charge on any atom is 0.391 e. The van der Waals surface area contributed by atoms with Crippen molar-refractivity contribution in [3.8, 4) is 0 Å². The topological polar surface area (TPSA) is 78.6 Å². The van der Waals surface area contributed by atoms with Crippen LogP contribution in [-0.2, 0) is 4.74 Å². The molecule has 0 aromatic carbocycles. The van der Waals surface area contributed by atoms with Crippen LogP contribution in [0.15, 0.2) is 18.6 Å². The molecule has 1 saturated heterocycles. The molecule has 3 aromatic heterocycles. The minimum absolute atomic E-state index is 0.0615. The average molecular weight is 475 g/mol. The van der Waals surface area contributed by atoms with Gasteiger partial charge in [0.05, 0.1) is 41.8 Å². The summed E-state index contributed by atoms with van der Waals surface area (Å²) < 4.78 is 42.6. The van der Waals surface area contributed by atoms with E-state index in [-0.39, 0.29) is 12.0 Å². The molecule has 10 heteroatoms. The number of ether oxygens (including phenoxy) is 1. The van der Waals surface area contributed by atoms with Crippen LogP contribution in [0.3, 0.4) is 0 Å². The molecule has 0 radical (unpaired) electrons. The van der Waals surface area contributed by atoms with Gasteiger partial charge in [0.15, 0.2) is 5.65 Å². The minimum atomic E-state index is -3.90. The van der Waals surface area contributed by atoms with Gasteiger partial charge in [-0.3, -0.25) is 4.68 Å². The van der Waals surface area contributed by atoms with Crippen LogP contribution in [0.5, 0.6) is 0 Å². The molecule has 182 valence electrons. The Morgan fingerprint density at radius 3 is 2.38 bits per heavy atom. The number of halogens is 3. The number of aryl methyl sites for hydroxylation is 2. The zero-order chi connectivity index (χ0) is 23.9. The van der Waals surface area contributed by atoms with E-state index in [0.717, 1.165) is 47.6 Å². The van der Waals surface area contributed by atoms with Crippen LogP contribution in [-0.4, -0.2) is 42.5 Å². The maximum absolute atomic E-state index is 11.5. The van der Waals surface area contributed by atoms with Crippen molar-refractivity contribution in [2.24, 2.45) is 5.92 Å². The Morgan fingerprint density at radius 1 is 0.971 bits per heavy atom. The second-order valence-electron chi connectivity index (χ2n) is 9.57. The summed E-state index contributed by atoms with van der Waals surface area (Å²) in [7, 11) is 0. The molecule has 0 unspecified atom stereocenters. The van der Waals surface area contributed by atoms with Gasteiger partial charge in [0, 0.05) is 24.3 Å². The van der Waals surface area contributed by atoms with Crippen molar-refractivity contribution in [1.82, 2.24) is 29.7 Å². The predicted molar refractivity (Wildman–Crippen MR) is 119 cm³/mol. The Labute approximate surface area is 196 Å². The fraction of sp³-hybridized carbons (Fsp3) is 0.625. The van der Waals surface area contributed by atoms with Crippen molar-refractivity contribution in [2.45, 2.75) is 83.0 Å². The summed E-state index contributed by atoms with van der Waals surface area (Å²) >= 11 is 0. The number of fused-ring (bicyclic) bond motifs is 1. The summed E-state index contributed by atoms with van der Waals surface area (Å²) in [5.41, 5.74) is 4.44. The predicted octanol–water partition coefficient (Wildman–Crippen LogP) is 5.55. The van der Waals surface area contributed by atoms with Gasteiger partial charge in [-0.05, 0) is 52.4 Å². The van der Waals surface area contributed by atoms with E-state index in [1.807, 2.05) is 20.0 Å². The third-order valence-electron chi connectivity index (χ3n) is 6.99. The van der Waals surface area contributed by atoms with E-state index in [2.05, 4.69) is 30.9 Å². The van der Waals surface area contributed by atoms with Crippen molar-refractivity contribution in [3.05, 3.63) is 41.4 Å². The lowest BCUT2D eigenvalue weighted by atomic mass is 9.85. The third-order valence-corrected chi connectivity index (χ3v) is 6.99. The van der Waals surface area contributed by atoms with E-state index in [1.54, 1.807) is 6.20 Å². The van der Waals surface area contributed by atoms with Gasteiger partial charge < -0.3 is 4.74 Å². The summed E-state index contributed by atoms with van der Waals surface area (Å²) in [5, 5.41) is 4.50. The Morgan fingerprint density at radius 2 is 1.74 bits per heavy atom. The Kier molecular flexibility index (Phi) is 6.26. The molecule has 6 rings (SSSR count). The maximum atomic E-state index is 11.5. The van der Waals surface area contributed by atoms with Gasteiger partial charge in [-0.25, -0.2) is 19.9 Å². The fourth-order valence-corrected chi connectivity index (χ4v) is 4.30. The highest BCUT2D eigenvalue weighted by Crippen LogP contribution is 2.40. The van der Waals surface area contributed by atoms with Gasteiger partial charge >= 0.3 is 6.18 Å². The molecular formula is C24H29F3N6O. The standard InChI is InChI=1S/C19H22N6O.C5H7F3/c1-11-12(2)23-19-16(22-11)9-20-18(24-19)13-5-6-26-17(7-13)14-8-21-25(10-14)15-3-4-15;6-5(7,8)4-2-1-3-4/h8-10,13,15,17H,3-7H2,1-2H3;4H,1-3H2/t13-,17+;/m1./s1. The molecule has 4 heterocycles. The van der Waals surface area contributed by atoms with E-state index >= 15 is 0 Å². The fourth-order valence-electron chi connectivity index (χ4n) is 4.30. The van der Waals surface area contributed by atoms with Crippen molar-refractivity contribution < 1.29 is 17.9 Å². The smallest absolute Gasteiger partial charge is 0.373 e. The molecule has 0 bridgehead atoms. The first-order chi connectivity index (χ1) is 16.3. The Balaban J connectivity index is 0.000000257. The molecule has 1 aliphatic heterocycles. The summed E-state index contributed by atoms with van der Waals surface area (Å²) in [5.74, 6) is 0.145. The number of aromatic nitrogens is 6. The molecular weight excluding hydrogens is 445 g/mol. The summed E-state index contributed by atoms with van der Waals surface area (Å²) in [6.07, 6.45) is 7.78. The number of hydrogen-bond acceptors (Lipinski definition) is 6. The second kappa shape index (κ2) is 9.20. The summed E-state index contributed by atoms with van der Waals surface area (Å²) in [6.45, 7) is 4.63. The van der Waals surface area contributed by atoms with Crippen LogP contribution in [0, 0.1) is 19.8 Å². The highest BCUT2D eigenvalue weighted by molar-refractivity contribution is 5.68. The monoisotopic (exact) mass is 474 g/mol. The van der Waals surface area contributed by atoms with Crippen LogP contribution in [0.2, 0.25) is 0 Å². The molecule has 34 heavy (non-hydrogen) atoms. The first-order valence-electron chi connectivity index (χ1n) is 12.0. The molecule has 7 nitrogen and oxygen atoms in total. The minimum Gasteiger partial charge on any atom is -0.373 e. The van der Waals surface area contributed by atoms with Crippen molar-refractivity contribution in [3.63, 3.8) is 0 Å². The zero-order valence-electron chi connectivity index (χ0n) is 19.4. The second-order valence-corrected chi connectivity index (χ2v) is 9.57. The van der Waals surface area contributed by atoms with Crippen LogP contribution in [0.4, 0.5) is 13.2 Å². The van der Waals surface area contributed by atoms with E-state index in [0.29, 0.717) is 31.1 Å². The highest BCUT2D eigenvalue weighted by atomic mass is 19.4. The number of alkyl halides is 3. The number of hydrogen-bond donors (Lipinski definition) is 0. The average Bonchev–Trinajstić information content (AvgIpc) is 3.49. The Bertz CT molecular complexity index is 1160. The molecule has 3 fully saturated rings. The summed E-state index contributed by atoms with van der Waals surface area (Å²) in [4.78, 5) is 18.4. The quantitative estimate of drug-likeness (QED) is 0.495. The normalized spacial score (nSPS) is 23.3. The third kappa shape index (κ3) is 5.06. The van der Waals surface area contributed by atoms with Crippen LogP contribution in [0.1, 0.15) is 85.8 Å². The van der Waals surface area contributed by atoms with Crippen LogP contribution < -0.4 is 0 Å². The largest absolute Gasteiger partial charge is 0.391 e. The van der Waals surface area contributed by atoms with E-state index in [4.69, 9.17) is 9.72 Å². The number of rotatable bonds is 3. The van der Waals surface area contributed by atoms with Crippen LogP contribution >= 0.6 is 0 Å². The molecule has 2 aliphatic carbocycles. The molecule has 2 atom stereocenters.